The highest BCUT2D eigenvalue weighted by Crippen LogP contribution is 2.31. The summed E-state index contributed by atoms with van der Waals surface area (Å²) in [5.41, 5.74) is 6.56. The lowest BCUT2D eigenvalue weighted by Gasteiger charge is -2.24. The van der Waals surface area contributed by atoms with Crippen molar-refractivity contribution in [1.29, 1.82) is 0 Å². The molecule has 3 N–H and O–H groups in total. The molecule has 0 radical (unpaired) electrons. The number of carbonyl (C=O) groups excluding carboxylic acids is 1. The third kappa shape index (κ3) is 6.50. The molecule has 37 heavy (non-hydrogen) atoms. The third-order valence-electron chi connectivity index (χ3n) is 6.78. The summed E-state index contributed by atoms with van der Waals surface area (Å²) in [6.45, 7) is 8.84. The average molecular weight is 502 g/mol. The molecule has 196 valence electrons. The Bertz CT molecular complexity index is 1290. The molecule has 0 bridgehead atoms. The second-order valence-electron chi connectivity index (χ2n) is 10.2. The Morgan fingerprint density at radius 2 is 2.03 bits per heavy atom. The highest BCUT2D eigenvalue weighted by atomic mass is 16.2. The zero-order chi connectivity index (χ0) is 26.4. The van der Waals surface area contributed by atoms with Gasteiger partial charge in [-0.2, -0.15) is 5.10 Å². The van der Waals surface area contributed by atoms with Gasteiger partial charge < -0.3 is 15.5 Å². The number of pyridine rings is 1. The van der Waals surface area contributed by atoms with E-state index in [-0.39, 0.29) is 18.0 Å². The molecule has 2 aromatic heterocycles. The molecule has 2 unspecified atom stereocenters. The molecule has 8 heteroatoms. The Labute approximate surface area is 219 Å². The molecule has 1 aromatic carbocycles. The largest absolute Gasteiger partial charge is 0.342 e. The number of benzene rings is 1. The van der Waals surface area contributed by atoms with E-state index in [0.29, 0.717) is 5.69 Å². The van der Waals surface area contributed by atoms with Gasteiger partial charge in [-0.15, -0.1) is 0 Å². The first kappa shape index (κ1) is 26.7. The van der Waals surface area contributed by atoms with Crippen LogP contribution in [0.2, 0.25) is 0 Å². The van der Waals surface area contributed by atoms with Crippen molar-refractivity contribution in [3.05, 3.63) is 59.1 Å². The number of aromatic nitrogens is 3. The average Bonchev–Trinajstić information content (AvgIpc) is 3.31. The molecule has 0 saturated heterocycles. The molecule has 3 aromatic rings. The smallest absolute Gasteiger partial charge is 0.272 e. The zero-order valence-electron chi connectivity index (χ0n) is 22.6. The van der Waals surface area contributed by atoms with Crippen LogP contribution in [0.15, 0.2) is 47.2 Å². The summed E-state index contributed by atoms with van der Waals surface area (Å²) in [7, 11) is 4.04. The van der Waals surface area contributed by atoms with Crippen molar-refractivity contribution >= 4 is 23.0 Å². The summed E-state index contributed by atoms with van der Waals surface area (Å²) in [4.78, 5) is 24.6. The molecular weight excluding hydrogens is 462 g/mol. The van der Waals surface area contributed by atoms with Crippen molar-refractivity contribution < 1.29 is 4.79 Å². The maximum atomic E-state index is 13.4. The normalized spacial score (nSPS) is 17.4. The van der Waals surface area contributed by atoms with Crippen molar-refractivity contribution in [3.8, 4) is 11.1 Å². The van der Waals surface area contributed by atoms with Gasteiger partial charge in [0.1, 0.15) is 0 Å². The molecule has 2 atom stereocenters. The fraction of sp³-hybridized carbons (Fsp3) is 0.448. The van der Waals surface area contributed by atoms with Crippen molar-refractivity contribution in [1.82, 2.24) is 30.7 Å². The van der Waals surface area contributed by atoms with Crippen molar-refractivity contribution in [2.75, 3.05) is 27.2 Å². The maximum Gasteiger partial charge on any atom is 0.272 e. The highest BCUT2D eigenvalue weighted by Gasteiger charge is 2.24. The standard InChI is InChI=1S/C29H39N7O/c1-6-7-8-11-30-14-21-12-23(17-31-15-21)24-9-10-25-27(19(24)2)28(35-34-25)29(37)33-26-13-22(18-36(4)5)16-32-20(26)3/h9-10,12-13,15-17,20,26,30H,6-8,11,14,18H2,1-5H3,(H,33,37)(H,34,35). The molecule has 1 aliphatic rings. The molecule has 8 nitrogen and oxygen atoms in total. The number of amides is 1. The topological polar surface area (TPSA) is 98.3 Å². The van der Waals surface area contributed by atoms with E-state index in [9.17, 15) is 4.79 Å². The van der Waals surface area contributed by atoms with E-state index in [1.54, 1.807) is 0 Å². The van der Waals surface area contributed by atoms with Gasteiger partial charge in [0.2, 0.25) is 0 Å². The minimum absolute atomic E-state index is 0.0406. The Kier molecular flexibility index (Phi) is 8.84. The summed E-state index contributed by atoms with van der Waals surface area (Å²) in [5.74, 6) is -0.205. The molecule has 0 saturated carbocycles. The number of hydrogen-bond acceptors (Lipinski definition) is 6. The van der Waals surface area contributed by atoms with E-state index in [4.69, 9.17) is 0 Å². The molecular formula is C29H39N7O. The monoisotopic (exact) mass is 501 g/mol. The Morgan fingerprint density at radius 3 is 2.81 bits per heavy atom. The Hall–Kier alpha value is -3.36. The van der Waals surface area contributed by atoms with Crippen LogP contribution < -0.4 is 10.6 Å². The first-order valence-corrected chi connectivity index (χ1v) is 13.2. The summed E-state index contributed by atoms with van der Waals surface area (Å²) in [6, 6.07) is 6.00. The Morgan fingerprint density at radius 1 is 1.19 bits per heavy atom. The van der Waals surface area contributed by atoms with Crippen LogP contribution in [0.4, 0.5) is 0 Å². The van der Waals surface area contributed by atoms with Crippen molar-refractivity contribution in [2.45, 2.75) is 58.7 Å². The van der Waals surface area contributed by atoms with Crippen LogP contribution in [-0.4, -0.2) is 71.5 Å². The predicted molar refractivity (Wildman–Crippen MR) is 151 cm³/mol. The number of likely N-dealkylation sites (N-methyl/N-ethyl adjacent to an activating group) is 1. The van der Waals surface area contributed by atoms with Crippen LogP contribution >= 0.6 is 0 Å². The number of nitrogens with zero attached hydrogens (tertiary/aromatic N) is 4. The highest BCUT2D eigenvalue weighted by molar-refractivity contribution is 6.07. The van der Waals surface area contributed by atoms with E-state index < -0.39 is 0 Å². The number of dihydropyridines is 1. The van der Waals surface area contributed by atoms with E-state index in [0.717, 1.165) is 58.4 Å². The van der Waals surface area contributed by atoms with E-state index >= 15 is 0 Å². The molecule has 0 fully saturated rings. The third-order valence-corrected chi connectivity index (χ3v) is 6.78. The van der Waals surface area contributed by atoms with Crippen LogP contribution in [0, 0.1) is 6.92 Å². The van der Waals surface area contributed by atoms with Crippen LogP contribution in [0.3, 0.4) is 0 Å². The molecule has 3 heterocycles. The number of H-pyrrole nitrogens is 1. The lowest BCUT2D eigenvalue weighted by atomic mass is 9.96. The number of unbranched alkanes of at least 4 members (excludes halogenated alkanes) is 2. The van der Waals surface area contributed by atoms with E-state index in [1.807, 2.05) is 52.6 Å². The van der Waals surface area contributed by atoms with Gasteiger partial charge in [-0.05, 0) is 75.3 Å². The van der Waals surface area contributed by atoms with Gasteiger partial charge in [0, 0.05) is 42.6 Å². The number of aryl methyl sites for hydroxylation is 1. The van der Waals surface area contributed by atoms with Gasteiger partial charge in [-0.1, -0.05) is 31.9 Å². The van der Waals surface area contributed by atoms with Crippen LogP contribution in [0.25, 0.3) is 22.0 Å². The van der Waals surface area contributed by atoms with Crippen molar-refractivity contribution in [2.24, 2.45) is 4.99 Å². The van der Waals surface area contributed by atoms with Gasteiger partial charge in [-0.3, -0.25) is 19.9 Å². The summed E-state index contributed by atoms with van der Waals surface area (Å²) < 4.78 is 0. The number of aromatic amines is 1. The summed E-state index contributed by atoms with van der Waals surface area (Å²) in [5, 5.41) is 14.9. The quantitative estimate of drug-likeness (QED) is 0.341. The lowest BCUT2D eigenvalue weighted by molar-refractivity contribution is 0.0937. The number of carbonyl (C=O) groups is 1. The van der Waals surface area contributed by atoms with E-state index in [2.05, 4.69) is 60.8 Å². The van der Waals surface area contributed by atoms with Gasteiger partial charge in [-0.25, -0.2) is 0 Å². The molecule has 0 spiro atoms. The minimum Gasteiger partial charge on any atom is -0.342 e. The number of fused-ring (bicyclic) bond motifs is 1. The fourth-order valence-corrected chi connectivity index (χ4v) is 4.78. The predicted octanol–water partition coefficient (Wildman–Crippen LogP) is 4.27. The second-order valence-corrected chi connectivity index (χ2v) is 10.2. The van der Waals surface area contributed by atoms with Gasteiger partial charge in [0.25, 0.3) is 5.91 Å². The first-order chi connectivity index (χ1) is 17.9. The summed E-state index contributed by atoms with van der Waals surface area (Å²) >= 11 is 0. The first-order valence-electron chi connectivity index (χ1n) is 13.2. The SMILES string of the molecule is CCCCCNCc1cncc(-c2ccc3[nH]nc(C(=O)NC4C=C(CN(C)C)C=NC4C)c3c2C)c1. The van der Waals surface area contributed by atoms with Crippen LogP contribution in [-0.2, 0) is 6.54 Å². The number of nitrogens with one attached hydrogen (secondary N) is 3. The summed E-state index contributed by atoms with van der Waals surface area (Å²) in [6.07, 6.45) is 11.4. The number of rotatable bonds is 11. The molecule has 0 aliphatic carbocycles. The molecule has 4 rings (SSSR count). The minimum atomic E-state index is -0.205. The van der Waals surface area contributed by atoms with Crippen LogP contribution in [0.1, 0.15) is 54.7 Å². The molecule has 1 aliphatic heterocycles. The fourth-order valence-electron chi connectivity index (χ4n) is 4.78. The van der Waals surface area contributed by atoms with Crippen molar-refractivity contribution in [3.63, 3.8) is 0 Å². The Balaban J connectivity index is 1.56. The number of hydrogen-bond donors (Lipinski definition) is 3. The lowest BCUT2D eigenvalue weighted by Crippen LogP contribution is -2.42. The van der Waals surface area contributed by atoms with Gasteiger partial charge in [0.05, 0.1) is 17.6 Å². The maximum absolute atomic E-state index is 13.4. The molecule has 1 amide bonds. The van der Waals surface area contributed by atoms with Crippen LogP contribution in [0.5, 0.6) is 0 Å². The van der Waals surface area contributed by atoms with E-state index in [1.165, 1.54) is 19.3 Å². The van der Waals surface area contributed by atoms with Gasteiger partial charge in [0.15, 0.2) is 5.69 Å². The number of aliphatic imine (C=N–C) groups is 1. The van der Waals surface area contributed by atoms with Gasteiger partial charge >= 0.3 is 0 Å². The second kappa shape index (κ2) is 12.3. The zero-order valence-corrected chi connectivity index (χ0v) is 22.6.